The van der Waals surface area contributed by atoms with Gasteiger partial charge in [0.05, 0.1) is 5.52 Å². The average Bonchev–Trinajstić information content (AvgIpc) is 3.35. The van der Waals surface area contributed by atoms with Crippen molar-refractivity contribution in [3.63, 3.8) is 0 Å². The van der Waals surface area contributed by atoms with Crippen molar-refractivity contribution >= 4 is 40.1 Å². The number of benzene rings is 3. The first-order valence-corrected chi connectivity index (χ1v) is 13.4. The Kier molecular flexibility index (Phi) is 8.14. The second-order valence-electron chi connectivity index (χ2n) is 10.0. The number of rotatable bonds is 8. The Hall–Kier alpha value is -4.60. The molecule has 1 fully saturated rings. The predicted molar refractivity (Wildman–Crippen MR) is 150 cm³/mol. The van der Waals surface area contributed by atoms with Crippen LogP contribution in [0.5, 0.6) is 0 Å². The zero-order valence-electron chi connectivity index (χ0n) is 22.2. The van der Waals surface area contributed by atoms with Gasteiger partial charge in [0.1, 0.15) is 23.9 Å². The molecule has 9 nitrogen and oxygen atoms in total. The number of fused-ring (bicyclic) bond motifs is 1. The number of anilines is 2. The Morgan fingerprint density at radius 3 is 2.38 bits per heavy atom. The van der Waals surface area contributed by atoms with Gasteiger partial charge in [0.15, 0.2) is 0 Å². The lowest BCUT2D eigenvalue weighted by atomic mass is 9.94. The number of hydrogen-bond acceptors (Lipinski definition) is 5. The first kappa shape index (κ1) is 27.0. The Bertz CT molecular complexity index is 1500. The summed E-state index contributed by atoms with van der Waals surface area (Å²) < 4.78 is 15.4. The van der Waals surface area contributed by atoms with Crippen LogP contribution in [-0.2, 0) is 20.9 Å². The molecule has 206 valence electrons. The van der Waals surface area contributed by atoms with Crippen molar-refractivity contribution in [1.82, 2.24) is 20.3 Å². The van der Waals surface area contributed by atoms with E-state index in [1.165, 1.54) is 40.8 Å². The molecule has 3 amide bonds. The molecule has 1 atom stereocenters. The van der Waals surface area contributed by atoms with Gasteiger partial charge in [0.25, 0.3) is 0 Å². The molecular weight excluding hydrogens is 511 g/mol. The molecule has 3 aromatic carbocycles. The second kappa shape index (κ2) is 12.1. The maximum atomic E-state index is 14.1. The molecule has 0 saturated heterocycles. The molecule has 1 saturated carbocycles. The first-order valence-electron chi connectivity index (χ1n) is 13.4. The van der Waals surface area contributed by atoms with E-state index >= 15 is 0 Å². The van der Waals surface area contributed by atoms with Crippen LogP contribution in [0.1, 0.15) is 50.6 Å². The topological polar surface area (TPSA) is 109 Å². The number of nitrogens with one attached hydrogen (secondary N) is 2. The third kappa shape index (κ3) is 6.17. The van der Waals surface area contributed by atoms with Crippen molar-refractivity contribution in [3.8, 4) is 0 Å². The van der Waals surface area contributed by atoms with E-state index in [2.05, 4.69) is 20.9 Å². The minimum atomic E-state index is -1.07. The van der Waals surface area contributed by atoms with Crippen LogP contribution in [-0.4, -0.2) is 38.8 Å². The quantitative estimate of drug-likeness (QED) is 0.334. The highest BCUT2D eigenvalue weighted by Gasteiger charge is 2.34. The van der Waals surface area contributed by atoms with Crippen molar-refractivity contribution in [2.24, 2.45) is 0 Å². The largest absolute Gasteiger partial charge is 0.351 e. The zero-order chi connectivity index (χ0) is 28.1. The summed E-state index contributed by atoms with van der Waals surface area (Å²) in [6.07, 6.45) is 4.92. The second-order valence-corrected chi connectivity index (χ2v) is 10.0. The highest BCUT2D eigenvalue weighted by molar-refractivity contribution is 6.02. The molecule has 0 radical (unpaired) electrons. The van der Waals surface area contributed by atoms with E-state index in [-0.39, 0.29) is 24.4 Å². The van der Waals surface area contributed by atoms with E-state index in [1.807, 2.05) is 18.2 Å². The molecule has 1 aliphatic rings. The summed E-state index contributed by atoms with van der Waals surface area (Å²) in [6.45, 7) is 1.23. The number of halogens is 1. The fourth-order valence-electron chi connectivity index (χ4n) is 5.17. The fraction of sp³-hybridized carbons (Fsp3) is 0.300. The van der Waals surface area contributed by atoms with Crippen molar-refractivity contribution in [2.75, 3.05) is 10.2 Å². The summed E-state index contributed by atoms with van der Waals surface area (Å²) in [7, 11) is 0. The van der Waals surface area contributed by atoms with Crippen LogP contribution >= 0.6 is 0 Å². The van der Waals surface area contributed by atoms with Crippen molar-refractivity contribution < 1.29 is 18.8 Å². The van der Waals surface area contributed by atoms with Gasteiger partial charge in [-0.3, -0.25) is 19.3 Å². The Balaban J connectivity index is 1.55. The lowest BCUT2D eigenvalue weighted by Gasteiger charge is -2.33. The van der Waals surface area contributed by atoms with Crippen molar-refractivity contribution in [2.45, 2.75) is 57.7 Å². The van der Waals surface area contributed by atoms with Crippen LogP contribution in [0.2, 0.25) is 0 Å². The van der Waals surface area contributed by atoms with Gasteiger partial charge in [0.2, 0.25) is 17.7 Å². The average molecular weight is 543 g/mol. The van der Waals surface area contributed by atoms with E-state index < -0.39 is 17.8 Å². The van der Waals surface area contributed by atoms with Crippen LogP contribution in [0.4, 0.5) is 15.8 Å². The molecule has 5 rings (SSSR count). The zero-order valence-corrected chi connectivity index (χ0v) is 22.2. The van der Waals surface area contributed by atoms with Gasteiger partial charge >= 0.3 is 0 Å². The number of aromatic nitrogens is 3. The predicted octanol–water partition coefficient (Wildman–Crippen LogP) is 4.75. The molecule has 1 aliphatic carbocycles. The Labute approximate surface area is 231 Å². The standard InChI is InChI=1S/C30H31FN6O3/c1-20(38)32-24-15-17-25(18-16-24)37(28(39)19-36-27-10-6-5-9-26(27)34-35-36)29(21-11-13-22(31)14-12-21)30(40)33-23-7-3-2-4-8-23/h5-6,9-18,23,29H,2-4,7-8,19H2,1H3,(H,32,38)(H,33,40)/t29-/m1/s1. The third-order valence-corrected chi connectivity index (χ3v) is 7.08. The van der Waals surface area contributed by atoms with Crippen molar-refractivity contribution in [3.05, 3.63) is 84.2 Å². The molecule has 2 N–H and O–H groups in total. The maximum Gasteiger partial charge on any atom is 0.249 e. The molecule has 40 heavy (non-hydrogen) atoms. The SMILES string of the molecule is CC(=O)Nc1ccc(N(C(=O)Cn2nnc3ccccc32)[C@@H](C(=O)NC2CCCCC2)c2ccc(F)cc2)cc1. The van der Waals surface area contributed by atoms with Gasteiger partial charge in [-0.1, -0.05) is 48.7 Å². The van der Waals surface area contributed by atoms with E-state index in [4.69, 9.17) is 0 Å². The van der Waals surface area contributed by atoms with Gasteiger partial charge in [-0.2, -0.15) is 0 Å². The summed E-state index contributed by atoms with van der Waals surface area (Å²) >= 11 is 0. The summed E-state index contributed by atoms with van der Waals surface area (Å²) in [5.41, 5.74) is 2.79. The monoisotopic (exact) mass is 542 g/mol. The van der Waals surface area contributed by atoms with Gasteiger partial charge < -0.3 is 10.6 Å². The molecule has 0 bridgehead atoms. The highest BCUT2D eigenvalue weighted by atomic mass is 19.1. The molecule has 10 heteroatoms. The fourth-order valence-corrected chi connectivity index (χ4v) is 5.17. The number of nitrogens with zero attached hydrogens (tertiary/aromatic N) is 4. The Morgan fingerprint density at radius 1 is 0.975 bits per heavy atom. The molecule has 0 unspecified atom stereocenters. The number of amides is 3. The van der Waals surface area contributed by atoms with Crippen LogP contribution in [0.3, 0.4) is 0 Å². The lowest BCUT2D eigenvalue weighted by molar-refractivity contribution is -0.127. The van der Waals surface area contributed by atoms with Crippen LogP contribution in [0.15, 0.2) is 72.8 Å². The van der Waals surface area contributed by atoms with Crippen molar-refractivity contribution in [1.29, 1.82) is 0 Å². The van der Waals surface area contributed by atoms with Crippen LogP contribution in [0.25, 0.3) is 11.0 Å². The summed E-state index contributed by atoms with van der Waals surface area (Å²) in [6, 6.07) is 18.5. The number of carbonyl (C=O) groups excluding carboxylic acids is 3. The smallest absolute Gasteiger partial charge is 0.249 e. The molecule has 4 aromatic rings. The Morgan fingerprint density at radius 2 is 1.68 bits per heavy atom. The molecule has 1 aromatic heterocycles. The first-order chi connectivity index (χ1) is 19.4. The summed E-state index contributed by atoms with van der Waals surface area (Å²) in [4.78, 5) is 41.0. The summed E-state index contributed by atoms with van der Waals surface area (Å²) in [5, 5.41) is 14.2. The summed E-state index contributed by atoms with van der Waals surface area (Å²) in [5.74, 6) is -1.42. The molecule has 0 spiro atoms. The van der Waals surface area contributed by atoms with Gasteiger partial charge in [-0.05, 0) is 66.9 Å². The third-order valence-electron chi connectivity index (χ3n) is 7.08. The molecular formula is C30H31FN6O3. The number of carbonyl (C=O) groups is 3. The van der Waals surface area contributed by atoms with Crippen LogP contribution in [0, 0.1) is 5.82 Å². The lowest BCUT2D eigenvalue weighted by Crippen LogP contribution is -2.48. The molecule has 0 aliphatic heterocycles. The number of para-hydroxylation sites is 1. The van der Waals surface area contributed by atoms with E-state index in [1.54, 1.807) is 30.3 Å². The number of hydrogen-bond donors (Lipinski definition) is 2. The van der Waals surface area contributed by atoms with Gasteiger partial charge in [-0.25, -0.2) is 9.07 Å². The van der Waals surface area contributed by atoms with Gasteiger partial charge in [-0.15, -0.1) is 5.10 Å². The van der Waals surface area contributed by atoms with E-state index in [9.17, 15) is 18.8 Å². The normalized spacial score (nSPS) is 14.4. The highest BCUT2D eigenvalue weighted by Crippen LogP contribution is 2.31. The minimum absolute atomic E-state index is 0.00236. The molecule has 1 heterocycles. The van der Waals surface area contributed by atoms with E-state index in [0.717, 1.165) is 32.1 Å². The van der Waals surface area contributed by atoms with Gasteiger partial charge in [0, 0.05) is 24.3 Å². The minimum Gasteiger partial charge on any atom is -0.351 e. The maximum absolute atomic E-state index is 14.1. The van der Waals surface area contributed by atoms with Crippen LogP contribution < -0.4 is 15.5 Å². The van der Waals surface area contributed by atoms with E-state index in [0.29, 0.717) is 28.0 Å².